The van der Waals surface area contributed by atoms with Gasteiger partial charge in [0, 0.05) is 0 Å². The Morgan fingerprint density at radius 2 is 2.25 bits per heavy atom. The molecule has 0 spiro atoms. The van der Waals surface area contributed by atoms with Crippen LogP contribution < -0.4 is 10.1 Å². The lowest BCUT2D eigenvalue weighted by Gasteiger charge is -2.13. The van der Waals surface area contributed by atoms with Crippen LogP contribution in [0.1, 0.15) is 24.4 Å². The zero-order valence-electron chi connectivity index (χ0n) is 11.7. The maximum absolute atomic E-state index is 12.0. The largest absolute Gasteiger partial charge is 0.481 e. The molecule has 0 aliphatic rings. The number of ether oxygens (including phenoxy) is 1. The molecule has 0 saturated carbocycles. The summed E-state index contributed by atoms with van der Waals surface area (Å²) in [5.41, 5.74) is 1.09. The molecule has 0 aliphatic carbocycles. The highest BCUT2D eigenvalue weighted by Gasteiger charge is 2.16. The molecule has 20 heavy (non-hydrogen) atoms. The summed E-state index contributed by atoms with van der Waals surface area (Å²) in [6.45, 7) is 5.68. The third kappa shape index (κ3) is 3.77. The van der Waals surface area contributed by atoms with E-state index in [4.69, 9.17) is 4.74 Å². The van der Waals surface area contributed by atoms with Gasteiger partial charge in [0.2, 0.25) is 5.13 Å². The predicted octanol–water partition coefficient (Wildman–Crippen LogP) is 2.81. The number of nitrogens with zero attached hydrogens (tertiary/aromatic N) is 2. The van der Waals surface area contributed by atoms with Crippen LogP contribution in [-0.4, -0.2) is 22.2 Å². The van der Waals surface area contributed by atoms with E-state index in [9.17, 15) is 4.79 Å². The van der Waals surface area contributed by atoms with Crippen molar-refractivity contribution in [2.45, 2.75) is 33.3 Å². The smallest absolute Gasteiger partial charge is 0.266 e. The fraction of sp³-hybridized carbons (Fsp3) is 0.357. The molecule has 2 rings (SSSR count). The molecule has 1 aromatic heterocycles. The number of aromatic nitrogens is 2. The summed E-state index contributed by atoms with van der Waals surface area (Å²) in [5.74, 6) is 0.449. The van der Waals surface area contributed by atoms with Crippen LogP contribution in [0.4, 0.5) is 5.13 Å². The highest BCUT2D eigenvalue weighted by molar-refractivity contribution is 7.15. The first-order chi connectivity index (χ1) is 9.58. The normalized spacial score (nSPS) is 11.9. The van der Waals surface area contributed by atoms with Crippen LogP contribution >= 0.6 is 11.3 Å². The first-order valence-corrected chi connectivity index (χ1v) is 7.26. The topological polar surface area (TPSA) is 64.1 Å². The van der Waals surface area contributed by atoms with E-state index in [1.807, 2.05) is 38.1 Å². The van der Waals surface area contributed by atoms with E-state index in [1.54, 1.807) is 6.92 Å². The Labute approximate surface area is 122 Å². The molecule has 1 atom stereocenters. The van der Waals surface area contributed by atoms with Gasteiger partial charge in [0.1, 0.15) is 10.8 Å². The van der Waals surface area contributed by atoms with Crippen LogP contribution in [-0.2, 0) is 11.2 Å². The van der Waals surface area contributed by atoms with Gasteiger partial charge >= 0.3 is 0 Å². The fourth-order valence-electron chi connectivity index (χ4n) is 1.60. The molecule has 1 heterocycles. The summed E-state index contributed by atoms with van der Waals surface area (Å²) in [6.07, 6.45) is 0.217. The number of aryl methyl sites for hydroxylation is 2. The number of amides is 1. The van der Waals surface area contributed by atoms with Crippen LogP contribution in [0, 0.1) is 6.92 Å². The summed E-state index contributed by atoms with van der Waals surface area (Å²) in [4.78, 5) is 12.0. The number of carbonyl (C=O) groups is 1. The van der Waals surface area contributed by atoms with E-state index < -0.39 is 6.10 Å². The highest BCUT2D eigenvalue weighted by atomic mass is 32.1. The van der Waals surface area contributed by atoms with Gasteiger partial charge < -0.3 is 4.74 Å². The van der Waals surface area contributed by atoms with Crippen molar-refractivity contribution in [2.24, 2.45) is 0 Å². The summed E-state index contributed by atoms with van der Waals surface area (Å²) in [7, 11) is 0. The van der Waals surface area contributed by atoms with Gasteiger partial charge in [-0.3, -0.25) is 10.1 Å². The van der Waals surface area contributed by atoms with Gasteiger partial charge in [-0.25, -0.2) is 0 Å². The zero-order chi connectivity index (χ0) is 14.5. The summed E-state index contributed by atoms with van der Waals surface area (Å²) >= 11 is 1.38. The average Bonchev–Trinajstić information content (AvgIpc) is 2.86. The van der Waals surface area contributed by atoms with Crippen molar-refractivity contribution in [1.29, 1.82) is 0 Å². The minimum absolute atomic E-state index is 0.231. The molecule has 0 fully saturated rings. The van der Waals surface area contributed by atoms with Crippen LogP contribution in [0.25, 0.3) is 0 Å². The molecule has 0 radical (unpaired) electrons. The Morgan fingerprint density at radius 1 is 1.45 bits per heavy atom. The van der Waals surface area contributed by atoms with Crippen molar-refractivity contribution < 1.29 is 9.53 Å². The fourth-order valence-corrected chi connectivity index (χ4v) is 2.28. The number of hydrogen-bond acceptors (Lipinski definition) is 5. The van der Waals surface area contributed by atoms with Gasteiger partial charge in [0.05, 0.1) is 0 Å². The lowest BCUT2D eigenvalue weighted by Crippen LogP contribution is -2.30. The van der Waals surface area contributed by atoms with Crippen molar-refractivity contribution in [3.63, 3.8) is 0 Å². The van der Waals surface area contributed by atoms with Gasteiger partial charge in [-0.1, -0.05) is 30.4 Å². The van der Waals surface area contributed by atoms with Crippen LogP contribution in [0.3, 0.4) is 0 Å². The average molecular weight is 291 g/mol. The quantitative estimate of drug-likeness (QED) is 0.920. The van der Waals surface area contributed by atoms with Crippen LogP contribution in [0.5, 0.6) is 5.75 Å². The van der Waals surface area contributed by atoms with E-state index in [0.717, 1.165) is 17.0 Å². The first-order valence-electron chi connectivity index (χ1n) is 6.45. The molecule has 1 N–H and O–H groups in total. The molecule has 1 unspecified atom stereocenters. The maximum atomic E-state index is 12.0. The Balaban J connectivity index is 1.95. The summed E-state index contributed by atoms with van der Waals surface area (Å²) in [5, 5.41) is 12.0. The Hall–Kier alpha value is -1.95. The molecule has 0 saturated heterocycles. The van der Waals surface area contributed by atoms with Crippen molar-refractivity contribution in [3.8, 4) is 5.75 Å². The molecule has 2 aromatic rings. The van der Waals surface area contributed by atoms with E-state index >= 15 is 0 Å². The third-order valence-corrected chi connectivity index (χ3v) is 3.65. The summed E-state index contributed by atoms with van der Waals surface area (Å²) < 4.78 is 5.61. The van der Waals surface area contributed by atoms with Crippen molar-refractivity contribution in [3.05, 3.63) is 34.8 Å². The van der Waals surface area contributed by atoms with Crippen LogP contribution in [0.2, 0.25) is 0 Å². The SMILES string of the molecule is CCc1nnc(NC(=O)C(C)Oc2cccc(C)c2)s1. The molecule has 106 valence electrons. The second-order valence-electron chi connectivity index (χ2n) is 4.42. The molecule has 0 aliphatic heterocycles. The molecular formula is C14H17N3O2S. The van der Waals surface area contributed by atoms with E-state index in [0.29, 0.717) is 10.9 Å². The van der Waals surface area contributed by atoms with E-state index in [2.05, 4.69) is 15.5 Å². The molecule has 0 bridgehead atoms. The number of carbonyl (C=O) groups excluding carboxylic acids is 1. The number of benzene rings is 1. The maximum Gasteiger partial charge on any atom is 0.266 e. The van der Waals surface area contributed by atoms with Crippen molar-refractivity contribution in [1.82, 2.24) is 10.2 Å². The Kier molecular flexibility index (Phi) is 4.68. The monoisotopic (exact) mass is 291 g/mol. The van der Waals surface area contributed by atoms with Crippen molar-refractivity contribution >= 4 is 22.4 Å². The number of anilines is 1. The zero-order valence-corrected chi connectivity index (χ0v) is 12.5. The second-order valence-corrected chi connectivity index (χ2v) is 5.48. The lowest BCUT2D eigenvalue weighted by atomic mass is 10.2. The van der Waals surface area contributed by atoms with E-state index in [1.165, 1.54) is 11.3 Å². The molecule has 1 amide bonds. The second kappa shape index (κ2) is 6.47. The number of rotatable bonds is 5. The van der Waals surface area contributed by atoms with Gasteiger partial charge in [-0.15, -0.1) is 10.2 Å². The lowest BCUT2D eigenvalue weighted by molar-refractivity contribution is -0.122. The summed E-state index contributed by atoms with van der Waals surface area (Å²) in [6, 6.07) is 7.60. The van der Waals surface area contributed by atoms with Gasteiger partial charge in [-0.05, 0) is 38.0 Å². The van der Waals surface area contributed by atoms with E-state index in [-0.39, 0.29) is 5.91 Å². The van der Waals surface area contributed by atoms with Gasteiger partial charge in [-0.2, -0.15) is 0 Å². The third-order valence-electron chi connectivity index (χ3n) is 2.67. The molecule has 5 nitrogen and oxygen atoms in total. The van der Waals surface area contributed by atoms with Crippen molar-refractivity contribution in [2.75, 3.05) is 5.32 Å². The van der Waals surface area contributed by atoms with Gasteiger partial charge in [0.25, 0.3) is 5.91 Å². The molecule has 6 heteroatoms. The van der Waals surface area contributed by atoms with Crippen LogP contribution in [0.15, 0.2) is 24.3 Å². The number of hydrogen-bond donors (Lipinski definition) is 1. The Morgan fingerprint density at radius 3 is 2.90 bits per heavy atom. The molecule has 1 aromatic carbocycles. The first kappa shape index (κ1) is 14.5. The van der Waals surface area contributed by atoms with Gasteiger partial charge in [0.15, 0.2) is 6.10 Å². The highest BCUT2D eigenvalue weighted by Crippen LogP contribution is 2.17. The minimum atomic E-state index is -0.592. The standard InChI is InChI=1S/C14H17N3O2S/c1-4-12-16-17-14(20-12)15-13(18)10(3)19-11-7-5-6-9(2)8-11/h5-8,10H,4H2,1-3H3,(H,15,17,18). The molecular weight excluding hydrogens is 274 g/mol. The number of nitrogens with one attached hydrogen (secondary N) is 1. The Bertz CT molecular complexity index is 598. The predicted molar refractivity (Wildman–Crippen MR) is 79.2 cm³/mol. The minimum Gasteiger partial charge on any atom is -0.481 e.